The fourth-order valence-corrected chi connectivity index (χ4v) is 1.80. The summed E-state index contributed by atoms with van der Waals surface area (Å²) in [4.78, 5) is 0. The first-order valence-corrected chi connectivity index (χ1v) is 6.25. The van der Waals surface area contributed by atoms with Gasteiger partial charge < -0.3 is 4.74 Å². The minimum atomic E-state index is 0.759. The van der Waals surface area contributed by atoms with Gasteiger partial charge in [-0.1, -0.05) is 11.6 Å². The molecule has 84 valence electrons. The van der Waals surface area contributed by atoms with Gasteiger partial charge in [-0.2, -0.15) is 12.6 Å². The number of hydrogen-bond donors (Lipinski definition) is 1. The monoisotopic (exact) mass is 244 g/mol. The highest BCUT2D eigenvalue weighted by molar-refractivity contribution is 7.80. The van der Waals surface area contributed by atoms with Gasteiger partial charge in [-0.3, -0.25) is 0 Å². The molecule has 0 aliphatic carbocycles. The Morgan fingerprint density at radius 2 is 2.07 bits per heavy atom. The predicted octanol–water partition coefficient (Wildman–Crippen LogP) is 4.13. The summed E-state index contributed by atoms with van der Waals surface area (Å²) in [7, 11) is 0. The highest BCUT2D eigenvalue weighted by Gasteiger charge is 1.99. The number of rotatable bonds is 6. The van der Waals surface area contributed by atoms with Gasteiger partial charge in [0.05, 0.1) is 6.61 Å². The van der Waals surface area contributed by atoms with Gasteiger partial charge in [-0.15, -0.1) is 0 Å². The Labute approximate surface area is 102 Å². The van der Waals surface area contributed by atoms with E-state index in [2.05, 4.69) is 12.6 Å². The number of halogens is 1. The second-order valence-electron chi connectivity index (χ2n) is 3.54. The van der Waals surface area contributed by atoms with Crippen molar-refractivity contribution in [3.8, 4) is 5.75 Å². The molecular formula is C12H17ClOS. The SMILES string of the molecule is Cc1cc(Cl)ccc1OCCCCCS. The number of ether oxygens (including phenoxy) is 1. The lowest BCUT2D eigenvalue weighted by Gasteiger charge is -2.08. The lowest BCUT2D eigenvalue weighted by atomic mass is 10.2. The summed E-state index contributed by atoms with van der Waals surface area (Å²) in [5.74, 6) is 1.89. The largest absolute Gasteiger partial charge is 0.493 e. The van der Waals surface area contributed by atoms with E-state index in [9.17, 15) is 0 Å². The molecule has 1 aromatic carbocycles. The van der Waals surface area contributed by atoms with Crippen LogP contribution in [0.1, 0.15) is 24.8 Å². The number of thiol groups is 1. The highest BCUT2D eigenvalue weighted by Crippen LogP contribution is 2.21. The maximum Gasteiger partial charge on any atom is 0.122 e. The topological polar surface area (TPSA) is 9.23 Å². The minimum absolute atomic E-state index is 0.759. The van der Waals surface area contributed by atoms with Crippen molar-refractivity contribution in [1.29, 1.82) is 0 Å². The van der Waals surface area contributed by atoms with E-state index in [0.717, 1.165) is 41.5 Å². The standard InChI is InChI=1S/C12H17ClOS/c1-10-9-11(13)5-6-12(10)14-7-3-2-4-8-15/h5-6,9,15H,2-4,7-8H2,1H3. The van der Waals surface area contributed by atoms with Crippen LogP contribution in [0.3, 0.4) is 0 Å². The molecule has 0 aromatic heterocycles. The molecule has 0 heterocycles. The van der Waals surface area contributed by atoms with Gasteiger partial charge in [0.15, 0.2) is 0 Å². The van der Waals surface area contributed by atoms with Gasteiger partial charge >= 0.3 is 0 Å². The van der Waals surface area contributed by atoms with E-state index in [4.69, 9.17) is 16.3 Å². The highest BCUT2D eigenvalue weighted by atomic mass is 35.5. The molecule has 0 N–H and O–H groups in total. The molecule has 0 unspecified atom stereocenters. The molecule has 0 saturated heterocycles. The fraction of sp³-hybridized carbons (Fsp3) is 0.500. The molecule has 0 atom stereocenters. The third-order valence-electron chi connectivity index (χ3n) is 2.20. The molecule has 0 aliphatic heterocycles. The van der Waals surface area contributed by atoms with Crippen molar-refractivity contribution < 1.29 is 4.74 Å². The Morgan fingerprint density at radius 1 is 1.27 bits per heavy atom. The van der Waals surface area contributed by atoms with E-state index in [1.807, 2.05) is 25.1 Å². The summed E-state index contributed by atoms with van der Waals surface area (Å²) in [6, 6.07) is 5.71. The second-order valence-corrected chi connectivity index (χ2v) is 4.43. The normalized spacial score (nSPS) is 10.3. The zero-order valence-corrected chi connectivity index (χ0v) is 10.7. The molecule has 3 heteroatoms. The summed E-state index contributed by atoms with van der Waals surface area (Å²) in [6.07, 6.45) is 3.42. The first-order chi connectivity index (χ1) is 7.24. The van der Waals surface area contributed by atoms with Gasteiger partial charge in [0, 0.05) is 5.02 Å². The van der Waals surface area contributed by atoms with Crippen molar-refractivity contribution in [2.75, 3.05) is 12.4 Å². The van der Waals surface area contributed by atoms with Crippen LogP contribution in [0.4, 0.5) is 0 Å². The Hall–Kier alpha value is -0.340. The van der Waals surface area contributed by atoms with E-state index >= 15 is 0 Å². The molecule has 0 aliphatic rings. The molecule has 0 radical (unpaired) electrons. The summed E-state index contributed by atoms with van der Waals surface area (Å²) in [5.41, 5.74) is 1.09. The molecule has 1 nitrogen and oxygen atoms in total. The van der Waals surface area contributed by atoms with Gasteiger partial charge in [-0.25, -0.2) is 0 Å². The Balaban J connectivity index is 2.31. The third-order valence-corrected chi connectivity index (χ3v) is 2.75. The first kappa shape index (κ1) is 12.7. The molecule has 0 saturated carbocycles. The van der Waals surface area contributed by atoms with E-state index in [1.165, 1.54) is 6.42 Å². The van der Waals surface area contributed by atoms with Crippen LogP contribution in [-0.2, 0) is 0 Å². The van der Waals surface area contributed by atoms with E-state index in [-0.39, 0.29) is 0 Å². The van der Waals surface area contributed by atoms with Gasteiger partial charge in [0.25, 0.3) is 0 Å². The molecule has 0 bridgehead atoms. The van der Waals surface area contributed by atoms with Crippen molar-refractivity contribution in [2.45, 2.75) is 26.2 Å². The van der Waals surface area contributed by atoms with Crippen molar-refractivity contribution in [1.82, 2.24) is 0 Å². The molecule has 0 spiro atoms. The van der Waals surface area contributed by atoms with Crippen LogP contribution >= 0.6 is 24.2 Å². The maximum atomic E-state index is 5.86. The first-order valence-electron chi connectivity index (χ1n) is 5.24. The van der Waals surface area contributed by atoms with Crippen molar-refractivity contribution >= 4 is 24.2 Å². The minimum Gasteiger partial charge on any atom is -0.493 e. The van der Waals surface area contributed by atoms with Crippen molar-refractivity contribution in [2.24, 2.45) is 0 Å². The van der Waals surface area contributed by atoms with Crippen LogP contribution in [0.5, 0.6) is 5.75 Å². The van der Waals surface area contributed by atoms with Crippen molar-refractivity contribution in [3.05, 3.63) is 28.8 Å². The maximum absolute atomic E-state index is 5.86. The summed E-state index contributed by atoms with van der Waals surface area (Å²) in [5, 5.41) is 0.759. The lowest BCUT2D eigenvalue weighted by molar-refractivity contribution is 0.304. The van der Waals surface area contributed by atoms with Crippen LogP contribution in [0.2, 0.25) is 5.02 Å². The van der Waals surface area contributed by atoms with Crippen LogP contribution in [0.15, 0.2) is 18.2 Å². The molecular weight excluding hydrogens is 228 g/mol. The number of aryl methyl sites for hydroxylation is 1. The average molecular weight is 245 g/mol. The van der Waals surface area contributed by atoms with Crippen molar-refractivity contribution in [3.63, 3.8) is 0 Å². The quantitative estimate of drug-likeness (QED) is 0.585. The van der Waals surface area contributed by atoms with Gasteiger partial charge in [0.2, 0.25) is 0 Å². The van der Waals surface area contributed by atoms with E-state index < -0.39 is 0 Å². The Morgan fingerprint density at radius 3 is 2.73 bits per heavy atom. The lowest BCUT2D eigenvalue weighted by Crippen LogP contribution is -1.98. The summed E-state index contributed by atoms with van der Waals surface area (Å²) < 4.78 is 5.65. The Bertz CT molecular complexity index is 302. The molecule has 0 fully saturated rings. The number of unbranched alkanes of at least 4 members (excludes halogenated alkanes) is 2. The van der Waals surface area contributed by atoms with E-state index in [1.54, 1.807) is 0 Å². The van der Waals surface area contributed by atoms with Crippen LogP contribution in [-0.4, -0.2) is 12.4 Å². The van der Waals surface area contributed by atoms with E-state index in [0.29, 0.717) is 0 Å². The number of hydrogen-bond acceptors (Lipinski definition) is 2. The molecule has 0 amide bonds. The summed E-state index contributed by atoms with van der Waals surface area (Å²) >= 11 is 10.0. The average Bonchev–Trinajstić information content (AvgIpc) is 2.20. The van der Waals surface area contributed by atoms with Crippen LogP contribution < -0.4 is 4.74 Å². The predicted molar refractivity (Wildman–Crippen MR) is 69.4 cm³/mol. The zero-order chi connectivity index (χ0) is 11.1. The molecule has 1 aromatic rings. The van der Waals surface area contributed by atoms with Gasteiger partial charge in [-0.05, 0) is 55.7 Å². The zero-order valence-electron chi connectivity index (χ0n) is 9.00. The number of benzene rings is 1. The second kappa shape index (κ2) is 7.02. The smallest absolute Gasteiger partial charge is 0.122 e. The van der Waals surface area contributed by atoms with Gasteiger partial charge in [0.1, 0.15) is 5.75 Å². The molecule has 15 heavy (non-hydrogen) atoms. The van der Waals surface area contributed by atoms with Crippen LogP contribution in [0.25, 0.3) is 0 Å². The fourth-order valence-electron chi connectivity index (χ4n) is 1.35. The van der Waals surface area contributed by atoms with Crippen LogP contribution in [0, 0.1) is 6.92 Å². The summed E-state index contributed by atoms with van der Waals surface area (Å²) in [6.45, 7) is 2.78. The third kappa shape index (κ3) is 4.80. The Kier molecular flexibility index (Phi) is 5.96. The molecule has 1 rings (SSSR count).